The van der Waals surface area contributed by atoms with Gasteiger partial charge in [-0.3, -0.25) is 9.69 Å². The minimum atomic E-state index is -0.238. The van der Waals surface area contributed by atoms with Crippen LogP contribution in [0.4, 0.5) is 5.69 Å². The van der Waals surface area contributed by atoms with Gasteiger partial charge in [0, 0.05) is 21.3 Å². The van der Waals surface area contributed by atoms with Gasteiger partial charge in [-0.25, -0.2) is 0 Å². The van der Waals surface area contributed by atoms with Crippen molar-refractivity contribution < 1.29 is 14.3 Å². The van der Waals surface area contributed by atoms with Crippen molar-refractivity contribution in [2.24, 2.45) is 0 Å². The second-order valence-corrected chi connectivity index (χ2v) is 9.37. The fraction of sp³-hybridized carbons (Fsp3) is 0.208. The molecule has 0 aromatic heterocycles. The Kier molecular flexibility index (Phi) is 7.41. The summed E-state index contributed by atoms with van der Waals surface area (Å²) < 4.78 is 11.9. The molecule has 8 heteroatoms. The quantitative estimate of drug-likeness (QED) is 0.333. The maximum atomic E-state index is 12.7. The number of ether oxygens (including phenoxy) is 2. The van der Waals surface area contributed by atoms with E-state index < -0.39 is 0 Å². The second-order valence-electron chi connectivity index (χ2n) is 7.05. The van der Waals surface area contributed by atoms with Crippen LogP contribution >= 0.6 is 46.6 Å². The van der Waals surface area contributed by atoms with E-state index in [2.05, 4.69) is 0 Å². The highest BCUT2D eigenvalue weighted by molar-refractivity contribution is 8.00. The third kappa shape index (κ3) is 4.96. The van der Waals surface area contributed by atoms with Crippen LogP contribution in [0.3, 0.4) is 0 Å². The van der Waals surface area contributed by atoms with Crippen molar-refractivity contribution in [3.05, 3.63) is 86.9 Å². The molecule has 1 amide bonds. The Hall–Kier alpha value is -2.05. The van der Waals surface area contributed by atoms with Crippen LogP contribution in [0, 0.1) is 0 Å². The Bertz CT molecular complexity index is 1120. The summed E-state index contributed by atoms with van der Waals surface area (Å²) in [5.41, 5.74) is 2.49. The van der Waals surface area contributed by atoms with Gasteiger partial charge in [0.15, 0.2) is 11.5 Å². The van der Waals surface area contributed by atoms with E-state index in [9.17, 15) is 4.79 Å². The smallest absolute Gasteiger partial charge is 0.238 e. The lowest BCUT2D eigenvalue weighted by atomic mass is 10.1. The molecular formula is C24H20Cl3NO3S. The zero-order valence-corrected chi connectivity index (χ0v) is 20.3. The van der Waals surface area contributed by atoms with Crippen molar-refractivity contribution in [3.8, 4) is 11.5 Å². The average Bonchev–Trinajstić information content (AvgIpc) is 3.16. The molecule has 0 bridgehead atoms. The summed E-state index contributed by atoms with van der Waals surface area (Å²) in [6.07, 6.45) is 0. The van der Waals surface area contributed by atoms with Gasteiger partial charge in [-0.1, -0.05) is 53.0 Å². The Morgan fingerprint density at radius 2 is 1.75 bits per heavy atom. The van der Waals surface area contributed by atoms with Crippen LogP contribution in [0.15, 0.2) is 60.7 Å². The molecule has 0 spiro atoms. The van der Waals surface area contributed by atoms with E-state index in [0.29, 0.717) is 38.9 Å². The van der Waals surface area contributed by atoms with Crippen LogP contribution in [0.1, 0.15) is 23.4 Å². The topological polar surface area (TPSA) is 38.8 Å². The van der Waals surface area contributed by atoms with E-state index in [1.807, 2.05) is 55.5 Å². The molecule has 3 aromatic carbocycles. The van der Waals surface area contributed by atoms with E-state index >= 15 is 0 Å². The molecule has 1 atom stereocenters. The Balaban J connectivity index is 1.65. The van der Waals surface area contributed by atoms with Gasteiger partial charge < -0.3 is 9.47 Å². The standard InChI is InChI=1S/C24H20Cl3NO3S/c1-2-30-21-12-16(11-20(27)23(21)31-13-15-5-3-4-6-19(15)26)24-28(22(29)14-32-24)18-9-7-17(25)8-10-18/h3-12,24H,2,13-14H2,1H3/t24-/m1/s1. The lowest BCUT2D eigenvalue weighted by molar-refractivity contribution is -0.115. The fourth-order valence-corrected chi connectivity index (χ4v) is 5.20. The molecule has 1 saturated heterocycles. The van der Waals surface area contributed by atoms with Crippen molar-refractivity contribution in [1.29, 1.82) is 0 Å². The number of hydrogen-bond donors (Lipinski definition) is 0. The first-order valence-electron chi connectivity index (χ1n) is 9.99. The normalized spacial score (nSPS) is 15.8. The van der Waals surface area contributed by atoms with E-state index in [1.165, 1.54) is 11.8 Å². The summed E-state index contributed by atoms with van der Waals surface area (Å²) in [5, 5.41) is 1.41. The SMILES string of the molecule is CCOc1cc([C@H]2SCC(=O)N2c2ccc(Cl)cc2)cc(Cl)c1OCc1ccccc1Cl. The highest BCUT2D eigenvalue weighted by Gasteiger charge is 2.35. The highest BCUT2D eigenvalue weighted by atomic mass is 35.5. The van der Waals surface area contributed by atoms with Crippen molar-refractivity contribution in [2.45, 2.75) is 18.9 Å². The molecular weight excluding hydrogens is 489 g/mol. The maximum Gasteiger partial charge on any atom is 0.238 e. The van der Waals surface area contributed by atoms with E-state index in [0.717, 1.165) is 16.8 Å². The summed E-state index contributed by atoms with van der Waals surface area (Å²) in [6, 6.07) is 18.4. The maximum absolute atomic E-state index is 12.7. The van der Waals surface area contributed by atoms with Gasteiger partial charge in [-0.2, -0.15) is 0 Å². The van der Waals surface area contributed by atoms with E-state index in [1.54, 1.807) is 17.0 Å². The summed E-state index contributed by atoms with van der Waals surface area (Å²) in [7, 11) is 0. The molecule has 0 aliphatic carbocycles. The van der Waals surface area contributed by atoms with Crippen molar-refractivity contribution in [3.63, 3.8) is 0 Å². The molecule has 1 aliphatic heterocycles. The number of benzene rings is 3. The number of halogens is 3. The third-order valence-electron chi connectivity index (χ3n) is 4.92. The summed E-state index contributed by atoms with van der Waals surface area (Å²) in [4.78, 5) is 14.4. The van der Waals surface area contributed by atoms with Gasteiger partial charge >= 0.3 is 0 Å². The van der Waals surface area contributed by atoms with Gasteiger partial charge in [-0.15, -0.1) is 11.8 Å². The zero-order valence-electron chi connectivity index (χ0n) is 17.2. The van der Waals surface area contributed by atoms with Crippen molar-refractivity contribution in [2.75, 3.05) is 17.3 Å². The highest BCUT2D eigenvalue weighted by Crippen LogP contribution is 2.46. The van der Waals surface area contributed by atoms with Gasteiger partial charge in [0.2, 0.25) is 5.91 Å². The first-order chi connectivity index (χ1) is 15.5. The van der Waals surface area contributed by atoms with Gasteiger partial charge in [-0.05, 0) is 55.0 Å². The van der Waals surface area contributed by atoms with E-state index in [-0.39, 0.29) is 17.9 Å². The Labute approximate surface area is 206 Å². The largest absolute Gasteiger partial charge is 0.490 e. The molecule has 0 radical (unpaired) electrons. The lowest BCUT2D eigenvalue weighted by Gasteiger charge is -2.25. The third-order valence-corrected chi connectivity index (χ3v) is 7.03. The molecule has 0 saturated carbocycles. The van der Waals surface area contributed by atoms with Crippen molar-refractivity contribution >= 4 is 58.2 Å². The molecule has 1 fully saturated rings. The number of hydrogen-bond acceptors (Lipinski definition) is 4. The number of rotatable bonds is 7. The molecule has 3 aromatic rings. The van der Waals surface area contributed by atoms with Crippen LogP contribution in [0.5, 0.6) is 11.5 Å². The minimum absolute atomic E-state index is 0.0236. The number of thioether (sulfide) groups is 1. The van der Waals surface area contributed by atoms with Gasteiger partial charge in [0.05, 0.1) is 17.4 Å². The molecule has 0 N–H and O–H groups in total. The molecule has 4 nitrogen and oxygen atoms in total. The molecule has 166 valence electrons. The van der Waals surface area contributed by atoms with Gasteiger partial charge in [0.25, 0.3) is 0 Å². The number of nitrogens with zero attached hydrogens (tertiary/aromatic N) is 1. The molecule has 1 aliphatic rings. The molecule has 1 heterocycles. The Morgan fingerprint density at radius 1 is 1.00 bits per heavy atom. The zero-order chi connectivity index (χ0) is 22.7. The number of carbonyl (C=O) groups excluding carboxylic acids is 1. The van der Waals surface area contributed by atoms with Crippen LogP contribution in [0.25, 0.3) is 0 Å². The lowest BCUT2D eigenvalue weighted by Crippen LogP contribution is -2.27. The first kappa shape index (κ1) is 23.1. The Morgan fingerprint density at radius 3 is 2.47 bits per heavy atom. The van der Waals surface area contributed by atoms with Crippen LogP contribution in [-0.4, -0.2) is 18.3 Å². The van der Waals surface area contributed by atoms with Crippen LogP contribution in [-0.2, 0) is 11.4 Å². The predicted molar refractivity (Wildman–Crippen MR) is 133 cm³/mol. The van der Waals surface area contributed by atoms with Gasteiger partial charge in [0.1, 0.15) is 12.0 Å². The second kappa shape index (κ2) is 10.3. The van der Waals surface area contributed by atoms with Crippen LogP contribution in [0.2, 0.25) is 15.1 Å². The number of amides is 1. The summed E-state index contributed by atoms with van der Waals surface area (Å²) in [6.45, 7) is 2.60. The number of anilines is 1. The monoisotopic (exact) mass is 507 g/mol. The first-order valence-corrected chi connectivity index (χ1v) is 12.2. The molecule has 4 rings (SSSR count). The van der Waals surface area contributed by atoms with E-state index in [4.69, 9.17) is 44.3 Å². The fourth-order valence-electron chi connectivity index (χ4n) is 3.45. The summed E-state index contributed by atoms with van der Waals surface area (Å²) in [5.74, 6) is 1.37. The predicted octanol–water partition coefficient (Wildman–Crippen LogP) is 7.40. The van der Waals surface area contributed by atoms with Crippen molar-refractivity contribution in [1.82, 2.24) is 0 Å². The number of carbonyl (C=O) groups is 1. The molecule has 0 unspecified atom stereocenters. The molecule has 32 heavy (non-hydrogen) atoms. The van der Waals surface area contributed by atoms with Crippen LogP contribution < -0.4 is 14.4 Å². The average molecular weight is 509 g/mol. The minimum Gasteiger partial charge on any atom is -0.490 e. The summed E-state index contributed by atoms with van der Waals surface area (Å²) >= 11 is 20.4.